The van der Waals surface area contributed by atoms with Gasteiger partial charge in [-0.05, 0) is 13.0 Å². The van der Waals surface area contributed by atoms with Crippen molar-refractivity contribution in [3.63, 3.8) is 0 Å². The van der Waals surface area contributed by atoms with Crippen molar-refractivity contribution in [2.24, 2.45) is 0 Å². The number of aromatic amines is 1. The van der Waals surface area contributed by atoms with Crippen LogP contribution in [0.4, 0.5) is 5.69 Å². The molecular weight excluding hydrogens is 236 g/mol. The molecule has 0 aliphatic carbocycles. The Bertz CT molecular complexity index is 528. The van der Waals surface area contributed by atoms with Crippen LogP contribution in [0.25, 0.3) is 10.9 Å². The molecular formula is C15H22N4. The Kier molecular flexibility index (Phi) is 3.71. The Morgan fingerprint density at radius 2 is 2.05 bits per heavy atom. The molecule has 3 N–H and O–H groups in total. The number of aromatic nitrogens is 1. The van der Waals surface area contributed by atoms with Crippen LogP contribution in [0.1, 0.15) is 6.92 Å². The van der Waals surface area contributed by atoms with Gasteiger partial charge < -0.3 is 15.6 Å². The van der Waals surface area contributed by atoms with Gasteiger partial charge in [-0.15, -0.1) is 0 Å². The summed E-state index contributed by atoms with van der Waals surface area (Å²) in [6.07, 6.45) is 2.06. The summed E-state index contributed by atoms with van der Waals surface area (Å²) in [7, 11) is 0. The Morgan fingerprint density at radius 3 is 2.89 bits per heavy atom. The van der Waals surface area contributed by atoms with E-state index >= 15 is 0 Å². The highest BCUT2D eigenvalue weighted by atomic mass is 15.2. The number of nitrogens with zero attached hydrogens (tertiary/aromatic N) is 1. The number of hydrogen-bond acceptors (Lipinski definition) is 3. The molecule has 19 heavy (non-hydrogen) atoms. The minimum Gasteiger partial charge on any atom is -0.382 e. The molecule has 1 aliphatic rings. The van der Waals surface area contributed by atoms with Gasteiger partial charge in [-0.3, -0.25) is 4.90 Å². The van der Waals surface area contributed by atoms with E-state index in [-0.39, 0.29) is 0 Å². The van der Waals surface area contributed by atoms with Crippen molar-refractivity contribution in [3.8, 4) is 0 Å². The van der Waals surface area contributed by atoms with Crippen LogP contribution in [-0.2, 0) is 0 Å². The van der Waals surface area contributed by atoms with Crippen molar-refractivity contribution >= 4 is 16.6 Å². The summed E-state index contributed by atoms with van der Waals surface area (Å²) in [5.74, 6) is 0. The van der Waals surface area contributed by atoms with Crippen LogP contribution in [0.3, 0.4) is 0 Å². The Labute approximate surface area is 114 Å². The Balaban J connectivity index is 1.62. The van der Waals surface area contributed by atoms with Crippen LogP contribution in [0, 0.1) is 0 Å². The molecule has 1 saturated heterocycles. The van der Waals surface area contributed by atoms with E-state index < -0.39 is 0 Å². The van der Waals surface area contributed by atoms with Crippen LogP contribution in [-0.4, -0.2) is 48.6 Å². The molecule has 1 unspecified atom stereocenters. The van der Waals surface area contributed by atoms with Gasteiger partial charge in [0.2, 0.25) is 0 Å². The van der Waals surface area contributed by atoms with Crippen LogP contribution < -0.4 is 10.6 Å². The summed E-state index contributed by atoms with van der Waals surface area (Å²) in [6, 6.07) is 8.98. The van der Waals surface area contributed by atoms with Crippen LogP contribution in [0.5, 0.6) is 0 Å². The molecule has 0 amide bonds. The second kappa shape index (κ2) is 5.63. The van der Waals surface area contributed by atoms with Crippen molar-refractivity contribution in [2.45, 2.75) is 13.0 Å². The standard InChI is InChI=1S/C15H22N4/c1-12(19-8-6-16-7-9-19)10-17-15-11-18-14-5-3-2-4-13(14)15/h2-5,11-12,16-18H,6-10H2,1H3. The normalized spacial score (nSPS) is 18.6. The summed E-state index contributed by atoms with van der Waals surface area (Å²) < 4.78 is 0. The highest BCUT2D eigenvalue weighted by molar-refractivity contribution is 5.92. The first-order valence-electron chi connectivity index (χ1n) is 7.09. The zero-order chi connectivity index (χ0) is 13.1. The quantitative estimate of drug-likeness (QED) is 0.784. The number of hydrogen-bond donors (Lipinski definition) is 3. The zero-order valence-corrected chi connectivity index (χ0v) is 11.4. The van der Waals surface area contributed by atoms with E-state index in [1.165, 1.54) is 16.6 Å². The maximum Gasteiger partial charge on any atom is 0.0598 e. The third kappa shape index (κ3) is 2.74. The molecule has 1 aromatic heterocycles. The zero-order valence-electron chi connectivity index (χ0n) is 11.4. The third-order valence-corrected chi connectivity index (χ3v) is 3.95. The number of rotatable bonds is 4. The Morgan fingerprint density at radius 1 is 1.26 bits per heavy atom. The van der Waals surface area contributed by atoms with Gasteiger partial charge in [0.1, 0.15) is 0 Å². The number of para-hydroxylation sites is 1. The SMILES string of the molecule is CC(CNc1c[nH]c2ccccc12)N1CCNCC1. The maximum atomic E-state index is 3.57. The van der Waals surface area contributed by atoms with E-state index in [4.69, 9.17) is 0 Å². The molecule has 102 valence electrons. The van der Waals surface area contributed by atoms with Gasteiger partial charge in [0.05, 0.1) is 5.69 Å². The van der Waals surface area contributed by atoms with Gasteiger partial charge in [-0.25, -0.2) is 0 Å². The molecule has 0 saturated carbocycles. The third-order valence-electron chi connectivity index (χ3n) is 3.95. The number of fused-ring (bicyclic) bond motifs is 1. The lowest BCUT2D eigenvalue weighted by atomic mass is 10.2. The van der Waals surface area contributed by atoms with Gasteiger partial charge in [-0.2, -0.15) is 0 Å². The lowest BCUT2D eigenvalue weighted by molar-refractivity contribution is 0.191. The molecule has 1 fully saturated rings. The van der Waals surface area contributed by atoms with E-state index in [0.29, 0.717) is 6.04 Å². The van der Waals surface area contributed by atoms with Crippen molar-refractivity contribution < 1.29 is 0 Å². The minimum atomic E-state index is 0.566. The topological polar surface area (TPSA) is 43.1 Å². The molecule has 1 aliphatic heterocycles. The summed E-state index contributed by atoms with van der Waals surface area (Å²) in [5, 5.41) is 8.24. The number of piperazine rings is 1. The van der Waals surface area contributed by atoms with Crippen molar-refractivity contribution in [1.29, 1.82) is 0 Å². The number of H-pyrrole nitrogens is 1. The van der Waals surface area contributed by atoms with Crippen LogP contribution in [0.15, 0.2) is 30.5 Å². The van der Waals surface area contributed by atoms with Crippen LogP contribution in [0.2, 0.25) is 0 Å². The molecule has 0 radical (unpaired) electrons. The fraction of sp³-hybridized carbons (Fsp3) is 0.467. The first-order valence-corrected chi connectivity index (χ1v) is 7.09. The van der Waals surface area contributed by atoms with Gasteiger partial charge in [-0.1, -0.05) is 18.2 Å². The first-order chi connectivity index (χ1) is 9.34. The van der Waals surface area contributed by atoms with E-state index in [1.807, 2.05) is 0 Å². The Hall–Kier alpha value is -1.52. The lowest BCUT2D eigenvalue weighted by Crippen LogP contribution is -2.49. The molecule has 4 heteroatoms. The first kappa shape index (κ1) is 12.5. The summed E-state index contributed by atoms with van der Waals surface area (Å²) in [5.41, 5.74) is 2.40. The van der Waals surface area contributed by atoms with E-state index in [0.717, 1.165) is 32.7 Å². The average Bonchev–Trinajstić information content (AvgIpc) is 2.89. The number of benzene rings is 1. The van der Waals surface area contributed by atoms with Gasteiger partial charge in [0.15, 0.2) is 0 Å². The monoisotopic (exact) mass is 258 g/mol. The van der Waals surface area contributed by atoms with Gasteiger partial charge in [0.25, 0.3) is 0 Å². The van der Waals surface area contributed by atoms with Crippen molar-refractivity contribution in [1.82, 2.24) is 15.2 Å². The van der Waals surface area contributed by atoms with Gasteiger partial charge in [0, 0.05) is 55.9 Å². The molecule has 0 spiro atoms. The number of anilines is 1. The second-order valence-electron chi connectivity index (χ2n) is 5.26. The largest absolute Gasteiger partial charge is 0.382 e. The summed E-state index contributed by atoms with van der Waals surface area (Å²) in [4.78, 5) is 5.85. The van der Waals surface area contributed by atoms with Crippen LogP contribution >= 0.6 is 0 Å². The highest BCUT2D eigenvalue weighted by Crippen LogP contribution is 2.22. The predicted octanol–water partition coefficient (Wildman–Crippen LogP) is 1.87. The molecule has 0 bridgehead atoms. The fourth-order valence-corrected chi connectivity index (χ4v) is 2.73. The molecule has 4 nitrogen and oxygen atoms in total. The maximum absolute atomic E-state index is 3.57. The van der Waals surface area contributed by atoms with E-state index in [1.54, 1.807) is 0 Å². The molecule has 2 aromatic rings. The van der Waals surface area contributed by atoms with Crippen molar-refractivity contribution in [3.05, 3.63) is 30.5 Å². The van der Waals surface area contributed by atoms with E-state index in [2.05, 4.69) is 57.9 Å². The lowest BCUT2D eigenvalue weighted by Gasteiger charge is -2.33. The van der Waals surface area contributed by atoms with Gasteiger partial charge >= 0.3 is 0 Å². The van der Waals surface area contributed by atoms with E-state index in [9.17, 15) is 0 Å². The van der Waals surface area contributed by atoms with Crippen molar-refractivity contribution in [2.75, 3.05) is 38.0 Å². The molecule has 1 aromatic carbocycles. The summed E-state index contributed by atoms with van der Waals surface area (Å²) in [6.45, 7) is 7.80. The minimum absolute atomic E-state index is 0.566. The smallest absolute Gasteiger partial charge is 0.0598 e. The second-order valence-corrected chi connectivity index (χ2v) is 5.26. The predicted molar refractivity (Wildman–Crippen MR) is 80.7 cm³/mol. The average molecular weight is 258 g/mol. The molecule has 1 atom stereocenters. The number of nitrogens with one attached hydrogen (secondary N) is 3. The summed E-state index contributed by atoms with van der Waals surface area (Å²) >= 11 is 0. The fourth-order valence-electron chi connectivity index (χ4n) is 2.73. The molecule has 2 heterocycles. The highest BCUT2D eigenvalue weighted by Gasteiger charge is 2.16. The molecule has 3 rings (SSSR count).